The Morgan fingerprint density at radius 1 is 0.946 bits per heavy atom. The third-order valence-electron chi connectivity index (χ3n) is 5.99. The molecule has 0 heterocycles. The maximum Gasteiger partial charge on any atom is 0.243 e. The van der Waals surface area contributed by atoms with Crippen molar-refractivity contribution in [3.63, 3.8) is 0 Å². The molecule has 1 N–H and O–H groups in total. The average Bonchev–Trinajstić information content (AvgIpc) is 2.85. The van der Waals surface area contributed by atoms with E-state index in [0.717, 1.165) is 33.8 Å². The van der Waals surface area contributed by atoms with Gasteiger partial charge < -0.3 is 10.2 Å². The van der Waals surface area contributed by atoms with E-state index >= 15 is 0 Å². The zero-order valence-corrected chi connectivity index (χ0v) is 23.7. The number of rotatable bonds is 11. The second-order valence-electron chi connectivity index (χ2n) is 10.3. The van der Waals surface area contributed by atoms with Gasteiger partial charge >= 0.3 is 0 Å². The number of nitrogens with one attached hydrogen (secondary N) is 1. The maximum atomic E-state index is 13.7. The summed E-state index contributed by atoms with van der Waals surface area (Å²) in [7, 11) is 0. The summed E-state index contributed by atoms with van der Waals surface area (Å²) in [4.78, 5) is 30.2. The van der Waals surface area contributed by atoms with Crippen LogP contribution in [0.1, 0.15) is 50.3 Å². The van der Waals surface area contributed by atoms with E-state index in [9.17, 15) is 9.59 Å². The van der Waals surface area contributed by atoms with Crippen LogP contribution in [0.15, 0.2) is 83.8 Å². The molecule has 0 unspecified atom stereocenters. The van der Waals surface area contributed by atoms with Crippen molar-refractivity contribution in [1.29, 1.82) is 0 Å². The number of thioether (sulfide) groups is 1. The summed E-state index contributed by atoms with van der Waals surface area (Å²) in [5.74, 6) is 0.669. The van der Waals surface area contributed by atoms with Crippen molar-refractivity contribution in [1.82, 2.24) is 10.2 Å². The Labute approximate surface area is 230 Å². The zero-order valence-electron chi connectivity index (χ0n) is 22.2. The van der Waals surface area contributed by atoms with E-state index in [1.165, 1.54) is 0 Å². The monoisotopic (exact) mass is 536 g/mol. The van der Waals surface area contributed by atoms with Crippen molar-refractivity contribution >= 4 is 35.2 Å². The Kier molecular flexibility index (Phi) is 10.7. The van der Waals surface area contributed by atoms with E-state index in [-0.39, 0.29) is 11.8 Å². The van der Waals surface area contributed by atoms with Gasteiger partial charge in [-0.3, -0.25) is 9.59 Å². The zero-order chi connectivity index (χ0) is 26.8. The van der Waals surface area contributed by atoms with Gasteiger partial charge in [-0.05, 0) is 80.8 Å². The lowest BCUT2D eigenvalue weighted by atomic mass is 9.99. The second kappa shape index (κ2) is 13.7. The van der Waals surface area contributed by atoms with Gasteiger partial charge in [0.05, 0.1) is 0 Å². The molecule has 3 aromatic rings. The molecular weight excluding hydrogens is 500 g/mol. The van der Waals surface area contributed by atoms with Crippen LogP contribution in [-0.4, -0.2) is 34.0 Å². The van der Waals surface area contributed by atoms with Crippen molar-refractivity contribution in [3.8, 4) is 0 Å². The number of hydrogen-bond acceptors (Lipinski definition) is 3. The van der Waals surface area contributed by atoms with Crippen molar-refractivity contribution in [2.24, 2.45) is 0 Å². The average molecular weight is 537 g/mol. The van der Waals surface area contributed by atoms with Crippen LogP contribution in [0.3, 0.4) is 0 Å². The van der Waals surface area contributed by atoms with E-state index in [2.05, 4.69) is 5.32 Å². The van der Waals surface area contributed by atoms with E-state index in [1.54, 1.807) is 16.7 Å². The number of carbonyl (C=O) groups excluding carboxylic acids is 2. The normalized spacial score (nSPS) is 12.1. The largest absolute Gasteiger partial charge is 0.350 e. The lowest BCUT2D eigenvalue weighted by Crippen LogP contribution is -2.54. The van der Waals surface area contributed by atoms with Gasteiger partial charge in [-0.25, -0.2) is 0 Å². The van der Waals surface area contributed by atoms with Crippen LogP contribution in [0, 0.1) is 6.92 Å². The molecule has 0 aliphatic rings. The predicted molar refractivity (Wildman–Crippen MR) is 155 cm³/mol. The van der Waals surface area contributed by atoms with Gasteiger partial charge in [0.25, 0.3) is 0 Å². The van der Waals surface area contributed by atoms with Crippen LogP contribution in [0.2, 0.25) is 5.02 Å². The van der Waals surface area contributed by atoms with Crippen LogP contribution in [0.4, 0.5) is 0 Å². The summed E-state index contributed by atoms with van der Waals surface area (Å²) in [6.07, 6.45) is 1.55. The van der Waals surface area contributed by atoms with Crippen LogP contribution in [0.25, 0.3) is 0 Å². The quantitative estimate of drug-likeness (QED) is 0.210. The molecular formula is C31H37ClN2O2S. The molecule has 0 aliphatic carbocycles. The Morgan fingerprint density at radius 2 is 1.59 bits per heavy atom. The first kappa shape index (κ1) is 28.8. The van der Waals surface area contributed by atoms with Gasteiger partial charge in [-0.1, -0.05) is 66.2 Å². The molecule has 3 rings (SSSR count). The van der Waals surface area contributed by atoms with Gasteiger partial charge in [-0.2, -0.15) is 0 Å². The predicted octanol–water partition coefficient (Wildman–Crippen LogP) is 7.08. The van der Waals surface area contributed by atoms with E-state index in [1.807, 2.05) is 107 Å². The molecule has 2 amide bonds. The highest BCUT2D eigenvalue weighted by atomic mass is 35.5. The maximum absolute atomic E-state index is 13.7. The number of aryl methyl sites for hydroxylation is 1. The second-order valence-corrected chi connectivity index (χ2v) is 11.9. The van der Waals surface area contributed by atoms with Crippen LogP contribution in [0.5, 0.6) is 0 Å². The molecule has 37 heavy (non-hydrogen) atoms. The summed E-state index contributed by atoms with van der Waals surface area (Å²) in [5, 5.41) is 3.83. The smallest absolute Gasteiger partial charge is 0.243 e. The fraction of sp³-hybridized carbons (Fsp3) is 0.355. The molecule has 196 valence electrons. The Hall–Kier alpha value is -2.76. The molecule has 4 nitrogen and oxygen atoms in total. The number of nitrogens with zero attached hydrogens (tertiary/aromatic N) is 1. The molecule has 0 aliphatic heterocycles. The van der Waals surface area contributed by atoms with Gasteiger partial charge in [0.15, 0.2) is 0 Å². The molecule has 1 atom stereocenters. The number of hydrogen-bond donors (Lipinski definition) is 1. The first-order valence-corrected chi connectivity index (χ1v) is 14.1. The number of benzene rings is 3. The molecule has 3 aromatic carbocycles. The van der Waals surface area contributed by atoms with E-state index in [4.69, 9.17) is 11.6 Å². The highest BCUT2D eigenvalue weighted by Gasteiger charge is 2.32. The van der Waals surface area contributed by atoms with Crippen LogP contribution in [-0.2, 0) is 22.6 Å². The van der Waals surface area contributed by atoms with Crippen LogP contribution < -0.4 is 5.32 Å². The van der Waals surface area contributed by atoms with E-state index < -0.39 is 11.6 Å². The topological polar surface area (TPSA) is 49.4 Å². The Bertz CT molecular complexity index is 1160. The first-order valence-electron chi connectivity index (χ1n) is 12.7. The summed E-state index contributed by atoms with van der Waals surface area (Å²) in [6.45, 7) is 8.33. The third kappa shape index (κ3) is 9.56. The van der Waals surface area contributed by atoms with Gasteiger partial charge in [-0.15, -0.1) is 11.8 Å². The van der Waals surface area contributed by atoms with Gasteiger partial charge in [0.1, 0.15) is 6.04 Å². The fourth-order valence-electron chi connectivity index (χ4n) is 4.07. The van der Waals surface area contributed by atoms with Crippen LogP contribution >= 0.6 is 23.4 Å². The van der Waals surface area contributed by atoms with Gasteiger partial charge in [0.2, 0.25) is 11.8 Å². The number of halogens is 1. The lowest BCUT2D eigenvalue weighted by Gasteiger charge is -2.34. The third-order valence-corrected chi connectivity index (χ3v) is 7.34. The number of carbonyl (C=O) groups is 2. The molecule has 0 spiro atoms. The molecule has 0 fully saturated rings. The SMILES string of the molecule is Cc1ccccc1CN(C(=O)CCCSc1ccc(Cl)cc1)[C@@H](Cc1ccccc1)C(=O)NC(C)(C)C. The summed E-state index contributed by atoms with van der Waals surface area (Å²) < 4.78 is 0. The van der Waals surface area contributed by atoms with E-state index in [0.29, 0.717) is 24.4 Å². The minimum Gasteiger partial charge on any atom is -0.350 e. The standard InChI is InChI=1S/C31H37ClN2O2S/c1-23-11-8-9-14-25(23)22-34(29(35)15-10-20-37-27-18-16-26(32)17-19-27)28(30(36)33-31(2,3)4)21-24-12-6-5-7-13-24/h5-9,11-14,16-19,28H,10,15,20-22H2,1-4H3,(H,33,36)/t28-/m0/s1. The van der Waals surface area contributed by atoms with Crippen molar-refractivity contribution < 1.29 is 9.59 Å². The first-order chi connectivity index (χ1) is 17.6. The lowest BCUT2D eigenvalue weighted by molar-refractivity contribution is -0.142. The summed E-state index contributed by atoms with van der Waals surface area (Å²) in [5.41, 5.74) is 2.78. The molecule has 0 bridgehead atoms. The van der Waals surface area contributed by atoms with Gasteiger partial charge in [0, 0.05) is 34.8 Å². The molecule has 6 heteroatoms. The number of amides is 2. The highest BCUT2D eigenvalue weighted by molar-refractivity contribution is 7.99. The van der Waals surface area contributed by atoms with Crippen molar-refractivity contribution in [2.75, 3.05) is 5.75 Å². The Morgan fingerprint density at radius 3 is 2.24 bits per heavy atom. The highest BCUT2D eigenvalue weighted by Crippen LogP contribution is 2.23. The summed E-state index contributed by atoms with van der Waals surface area (Å²) in [6, 6.07) is 25.1. The van der Waals surface area contributed by atoms with Crippen molar-refractivity contribution in [2.45, 2.75) is 70.0 Å². The minimum atomic E-state index is -0.613. The fourth-order valence-corrected chi connectivity index (χ4v) is 5.04. The van der Waals surface area contributed by atoms with Crippen molar-refractivity contribution in [3.05, 3.63) is 101 Å². The molecule has 0 saturated heterocycles. The molecule has 0 aromatic heterocycles. The summed E-state index contributed by atoms with van der Waals surface area (Å²) >= 11 is 7.69. The molecule has 0 saturated carbocycles. The molecule has 0 radical (unpaired) electrons. The minimum absolute atomic E-state index is 0.00931. The Balaban J connectivity index is 1.81.